The van der Waals surface area contributed by atoms with Gasteiger partial charge in [-0.3, -0.25) is 4.79 Å². The zero-order chi connectivity index (χ0) is 20.2. The van der Waals surface area contributed by atoms with Gasteiger partial charge in [0.1, 0.15) is 0 Å². The molecule has 0 saturated carbocycles. The number of aryl methyl sites for hydroxylation is 2. The Morgan fingerprint density at radius 1 is 1.07 bits per heavy atom. The summed E-state index contributed by atoms with van der Waals surface area (Å²) in [5.41, 5.74) is 2.95. The third kappa shape index (κ3) is 5.90. The molecule has 0 bridgehead atoms. The molecule has 8 heteroatoms. The van der Waals surface area contributed by atoms with Crippen LogP contribution in [0.25, 0.3) is 0 Å². The number of hydrogen-bond acceptors (Lipinski definition) is 5. The number of rotatable bonds is 6. The SMILES string of the molecule is Cc1cc(C)cc(C(=O)OCC(=O)N[C@@H](C)c2ccc(S(N)(=O)=O)cc2)c1. The number of hydrogen-bond donors (Lipinski definition) is 2. The minimum Gasteiger partial charge on any atom is -0.452 e. The van der Waals surface area contributed by atoms with E-state index >= 15 is 0 Å². The van der Waals surface area contributed by atoms with Gasteiger partial charge in [0.2, 0.25) is 10.0 Å². The maximum absolute atomic E-state index is 12.1. The standard InChI is InChI=1S/C19H22N2O5S/c1-12-8-13(2)10-16(9-12)19(23)26-11-18(22)21-14(3)15-4-6-17(7-5-15)27(20,24)25/h4-10,14H,11H2,1-3H3,(H,21,22)(H2,20,24,25)/t14-/m0/s1. The molecule has 0 radical (unpaired) electrons. The monoisotopic (exact) mass is 390 g/mol. The van der Waals surface area contributed by atoms with E-state index in [0.717, 1.165) is 11.1 Å². The quantitative estimate of drug-likeness (QED) is 0.732. The predicted octanol–water partition coefficient (Wildman–Crippen LogP) is 1.99. The van der Waals surface area contributed by atoms with Crippen molar-refractivity contribution in [2.45, 2.75) is 31.7 Å². The van der Waals surface area contributed by atoms with Crippen molar-refractivity contribution in [2.75, 3.05) is 6.61 Å². The highest BCUT2D eigenvalue weighted by atomic mass is 32.2. The third-order valence-corrected chi connectivity index (χ3v) is 4.81. The highest BCUT2D eigenvalue weighted by molar-refractivity contribution is 7.89. The van der Waals surface area contributed by atoms with E-state index in [9.17, 15) is 18.0 Å². The molecule has 2 rings (SSSR count). The zero-order valence-corrected chi connectivity index (χ0v) is 16.2. The fourth-order valence-corrected chi connectivity index (χ4v) is 3.14. The lowest BCUT2D eigenvalue weighted by Crippen LogP contribution is -2.31. The molecule has 0 spiro atoms. The summed E-state index contributed by atoms with van der Waals surface area (Å²) in [6.07, 6.45) is 0. The van der Waals surface area contributed by atoms with E-state index in [1.54, 1.807) is 31.2 Å². The summed E-state index contributed by atoms with van der Waals surface area (Å²) in [4.78, 5) is 24.1. The molecule has 7 nitrogen and oxygen atoms in total. The van der Waals surface area contributed by atoms with Gasteiger partial charge in [-0.15, -0.1) is 0 Å². The van der Waals surface area contributed by atoms with Crippen LogP contribution in [-0.4, -0.2) is 26.9 Å². The molecule has 1 atom stereocenters. The number of nitrogens with two attached hydrogens (primary N) is 1. The lowest BCUT2D eigenvalue weighted by atomic mass is 10.1. The van der Waals surface area contributed by atoms with E-state index in [2.05, 4.69) is 5.32 Å². The van der Waals surface area contributed by atoms with Crippen LogP contribution in [0.4, 0.5) is 0 Å². The number of carbonyl (C=O) groups excluding carboxylic acids is 2. The Bertz CT molecular complexity index is 932. The molecule has 0 aromatic heterocycles. The van der Waals surface area contributed by atoms with Crippen molar-refractivity contribution in [3.63, 3.8) is 0 Å². The summed E-state index contributed by atoms with van der Waals surface area (Å²) in [5.74, 6) is -1.03. The molecule has 3 N–H and O–H groups in total. The second-order valence-corrected chi connectivity index (χ2v) is 7.92. The number of sulfonamides is 1. The topological polar surface area (TPSA) is 116 Å². The first-order valence-electron chi connectivity index (χ1n) is 8.24. The second kappa shape index (κ2) is 8.32. The Hall–Kier alpha value is -2.71. The van der Waals surface area contributed by atoms with Crippen LogP contribution in [0.3, 0.4) is 0 Å². The van der Waals surface area contributed by atoms with Crippen LogP contribution in [-0.2, 0) is 19.6 Å². The van der Waals surface area contributed by atoms with Crippen molar-refractivity contribution in [3.8, 4) is 0 Å². The normalized spacial score (nSPS) is 12.3. The van der Waals surface area contributed by atoms with Gasteiger partial charge < -0.3 is 10.1 Å². The van der Waals surface area contributed by atoms with E-state index in [0.29, 0.717) is 11.1 Å². The van der Waals surface area contributed by atoms with Gasteiger partial charge >= 0.3 is 5.97 Å². The maximum Gasteiger partial charge on any atom is 0.338 e. The van der Waals surface area contributed by atoms with Crippen LogP contribution in [0.2, 0.25) is 0 Å². The van der Waals surface area contributed by atoms with Gasteiger partial charge in [-0.05, 0) is 50.6 Å². The van der Waals surface area contributed by atoms with Crippen molar-refractivity contribution < 1.29 is 22.7 Å². The summed E-state index contributed by atoms with van der Waals surface area (Å²) in [5, 5.41) is 7.74. The van der Waals surface area contributed by atoms with Crippen molar-refractivity contribution in [1.82, 2.24) is 5.32 Å². The predicted molar refractivity (Wildman–Crippen MR) is 101 cm³/mol. The number of amides is 1. The highest BCUT2D eigenvalue weighted by Gasteiger charge is 2.15. The average molecular weight is 390 g/mol. The molecule has 0 fully saturated rings. The van der Waals surface area contributed by atoms with Gasteiger partial charge in [0.25, 0.3) is 5.91 Å². The van der Waals surface area contributed by atoms with Crippen LogP contribution < -0.4 is 10.5 Å². The van der Waals surface area contributed by atoms with Crippen LogP contribution in [0.1, 0.15) is 40.0 Å². The van der Waals surface area contributed by atoms with E-state index < -0.39 is 34.5 Å². The van der Waals surface area contributed by atoms with Crippen LogP contribution in [0.5, 0.6) is 0 Å². The van der Waals surface area contributed by atoms with E-state index in [1.807, 2.05) is 19.9 Å². The van der Waals surface area contributed by atoms with E-state index in [1.165, 1.54) is 12.1 Å². The summed E-state index contributed by atoms with van der Waals surface area (Å²) < 4.78 is 27.6. The second-order valence-electron chi connectivity index (χ2n) is 6.36. The van der Waals surface area contributed by atoms with Crippen LogP contribution in [0, 0.1) is 13.8 Å². The van der Waals surface area contributed by atoms with Gasteiger partial charge in [-0.2, -0.15) is 0 Å². The minimum atomic E-state index is -3.76. The minimum absolute atomic E-state index is 0.00726. The van der Waals surface area contributed by atoms with Gasteiger partial charge in [0.15, 0.2) is 6.61 Å². The Morgan fingerprint density at radius 3 is 2.15 bits per heavy atom. The first-order chi connectivity index (χ1) is 12.6. The number of esters is 1. The molecule has 144 valence electrons. The van der Waals surface area contributed by atoms with Gasteiger partial charge in [0.05, 0.1) is 16.5 Å². The fraction of sp³-hybridized carbons (Fsp3) is 0.263. The molecule has 0 aliphatic heterocycles. The molecule has 0 aliphatic rings. The van der Waals surface area contributed by atoms with Gasteiger partial charge in [-0.1, -0.05) is 29.3 Å². The molecule has 2 aromatic carbocycles. The Labute approximate surface area is 158 Å². The molecule has 2 aromatic rings. The van der Waals surface area contributed by atoms with Crippen LogP contribution >= 0.6 is 0 Å². The maximum atomic E-state index is 12.1. The zero-order valence-electron chi connectivity index (χ0n) is 15.4. The Kier molecular flexibility index (Phi) is 6.35. The smallest absolute Gasteiger partial charge is 0.338 e. The van der Waals surface area contributed by atoms with Crippen molar-refractivity contribution in [1.29, 1.82) is 0 Å². The lowest BCUT2D eigenvalue weighted by molar-refractivity contribution is -0.124. The fourth-order valence-electron chi connectivity index (χ4n) is 2.62. The molecular weight excluding hydrogens is 368 g/mol. The van der Waals surface area contributed by atoms with Gasteiger partial charge in [0, 0.05) is 0 Å². The number of primary sulfonamides is 1. The summed E-state index contributed by atoms with van der Waals surface area (Å²) >= 11 is 0. The molecule has 0 heterocycles. The molecular formula is C19H22N2O5S. The van der Waals surface area contributed by atoms with Crippen molar-refractivity contribution >= 4 is 21.9 Å². The first-order valence-corrected chi connectivity index (χ1v) is 9.78. The largest absolute Gasteiger partial charge is 0.452 e. The highest BCUT2D eigenvalue weighted by Crippen LogP contribution is 2.15. The number of nitrogens with one attached hydrogen (secondary N) is 1. The number of ether oxygens (including phenoxy) is 1. The van der Waals surface area contributed by atoms with Crippen molar-refractivity contribution in [3.05, 3.63) is 64.7 Å². The van der Waals surface area contributed by atoms with E-state index in [4.69, 9.17) is 9.88 Å². The number of benzene rings is 2. The lowest BCUT2D eigenvalue weighted by Gasteiger charge is -2.15. The van der Waals surface area contributed by atoms with E-state index in [-0.39, 0.29) is 4.90 Å². The molecule has 0 aliphatic carbocycles. The Balaban J connectivity index is 1.92. The third-order valence-electron chi connectivity index (χ3n) is 3.88. The molecule has 1 amide bonds. The van der Waals surface area contributed by atoms with Gasteiger partial charge in [-0.25, -0.2) is 18.4 Å². The van der Waals surface area contributed by atoms with Crippen molar-refractivity contribution in [2.24, 2.45) is 5.14 Å². The average Bonchev–Trinajstić information content (AvgIpc) is 2.58. The first kappa shape index (κ1) is 20.6. The number of carbonyl (C=O) groups is 2. The summed E-state index contributed by atoms with van der Waals surface area (Å²) in [6, 6.07) is 10.8. The molecule has 0 saturated heterocycles. The summed E-state index contributed by atoms with van der Waals surface area (Å²) in [6.45, 7) is 5.07. The Morgan fingerprint density at radius 2 is 1.63 bits per heavy atom. The van der Waals surface area contributed by atoms with Crippen LogP contribution in [0.15, 0.2) is 47.4 Å². The summed E-state index contributed by atoms with van der Waals surface area (Å²) in [7, 11) is -3.76. The molecule has 0 unspecified atom stereocenters. The molecule has 27 heavy (non-hydrogen) atoms.